The van der Waals surface area contributed by atoms with E-state index in [0.29, 0.717) is 10.6 Å². The molecule has 1 aliphatic carbocycles. The quantitative estimate of drug-likeness (QED) is 0.859. The van der Waals surface area contributed by atoms with E-state index in [0.717, 1.165) is 29.9 Å². The van der Waals surface area contributed by atoms with E-state index in [-0.39, 0.29) is 5.91 Å². The highest BCUT2D eigenvalue weighted by molar-refractivity contribution is 7.18. The lowest BCUT2D eigenvalue weighted by molar-refractivity contribution is 0.0968. The van der Waals surface area contributed by atoms with Gasteiger partial charge in [-0.2, -0.15) is 0 Å². The molecule has 1 aromatic rings. The molecule has 2 heterocycles. The van der Waals surface area contributed by atoms with Crippen LogP contribution in [0.15, 0.2) is 6.07 Å². The summed E-state index contributed by atoms with van der Waals surface area (Å²) >= 11 is 1.52. The molecule has 3 rings (SSSR count). The largest absolute Gasteiger partial charge is 0.397 e. The maximum atomic E-state index is 11.7. The van der Waals surface area contributed by atoms with E-state index in [9.17, 15) is 4.79 Å². The number of hydrogen-bond acceptors (Lipinski definition) is 4. The summed E-state index contributed by atoms with van der Waals surface area (Å²) in [6.45, 7) is 2.27. The van der Waals surface area contributed by atoms with Gasteiger partial charge in [0.1, 0.15) is 4.88 Å². The van der Waals surface area contributed by atoms with Crippen LogP contribution in [0.2, 0.25) is 0 Å². The number of hydrogen-bond donors (Lipinski definition) is 2. The fraction of sp³-hybridized carbons (Fsp3) is 0.615. The van der Waals surface area contributed by atoms with Crippen molar-refractivity contribution in [1.82, 2.24) is 5.32 Å². The first-order valence-corrected chi connectivity index (χ1v) is 7.37. The third-order valence-corrected chi connectivity index (χ3v) is 5.43. The molecular formula is C13H19N3OS. The fourth-order valence-electron chi connectivity index (χ4n) is 3.25. The van der Waals surface area contributed by atoms with Gasteiger partial charge in [-0.05, 0) is 30.7 Å². The van der Waals surface area contributed by atoms with E-state index in [1.54, 1.807) is 7.05 Å². The fourth-order valence-corrected chi connectivity index (χ4v) is 4.30. The molecule has 98 valence electrons. The molecule has 0 radical (unpaired) electrons. The van der Waals surface area contributed by atoms with E-state index < -0.39 is 0 Å². The molecule has 2 aliphatic rings. The van der Waals surface area contributed by atoms with Crippen LogP contribution in [-0.2, 0) is 0 Å². The number of carbonyl (C=O) groups is 1. The zero-order valence-corrected chi connectivity index (χ0v) is 11.4. The SMILES string of the molecule is CNC(=O)c1sc(N2CC3CCCC3C2)cc1N. The smallest absolute Gasteiger partial charge is 0.263 e. The van der Waals surface area contributed by atoms with Crippen LogP contribution in [-0.4, -0.2) is 26.0 Å². The van der Waals surface area contributed by atoms with Gasteiger partial charge >= 0.3 is 0 Å². The average Bonchev–Trinajstić information content (AvgIpc) is 3.00. The van der Waals surface area contributed by atoms with E-state index in [2.05, 4.69) is 10.2 Å². The number of nitrogens with one attached hydrogen (secondary N) is 1. The number of amides is 1. The minimum Gasteiger partial charge on any atom is -0.397 e. The van der Waals surface area contributed by atoms with Gasteiger partial charge in [-0.3, -0.25) is 4.79 Å². The topological polar surface area (TPSA) is 58.4 Å². The number of carbonyl (C=O) groups excluding carboxylic acids is 1. The van der Waals surface area contributed by atoms with E-state index in [4.69, 9.17) is 5.73 Å². The molecular weight excluding hydrogens is 246 g/mol. The van der Waals surface area contributed by atoms with Crippen LogP contribution in [0.1, 0.15) is 28.9 Å². The van der Waals surface area contributed by atoms with Gasteiger partial charge in [0.05, 0.1) is 10.7 Å². The summed E-state index contributed by atoms with van der Waals surface area (Å²) in [5.74, 6) is 1.64. The molecule has 0 spiro atoms. The molecule has 1 saturated carbocycles. The number of fused-ring (bicyclic) bond motifs is 1. The molecule has 5 heteroatoms. The van der Waals surface area contributed by atoms with Crippen LogP contribution in [0.5, 0.6) is 0 Å². The Bertz CT molecular complexity index is 459. The number of anilines is 2. The van der Waals surface area contributed by atoms with Crippen molar-refractivity contribution in [2.45, 2.75) is 19.3 Å². The van der Waals surface area contributed by atoms with Crippen molar-refractivity contribution in [3.63, 3.8) is 0 Å². The lowest BCUT2D eigenvalue weighted by Gasteiger charge is -2.16. The molecule has 3 N–H and O–H groups in total. The highest BCUT2D eigenvalue weighted by Gasteiger charge is 2.36. The summed E-state index contributed by atoms with van der Waals surface area (Å²) in [6, 6.07) is 1.95. The second-order valence-electron chi connectivity index (χ2n) is 5.30. The van der Waals surface area contributed by atoms with Gasteiger partial charge < -0.3 is 16.0 Å². The number of rotatable bonds is 2. The summed E-state index contributed by atoms with van der Waals surface area (Å²) in [5, 5.41) is 3.79. The summed E-state index contributed by atoms with van der Waals surface area (Å²) in [4.78, 5) is 14.7. The molecule has 2 fully saturated rings. The molecule has 2 unspecified atom stereocenters. The number of nitrogen functional groups attached to an aromatic ring is 1. The third-order valence-electron chi connectivity index (χ3n) is 4.22. The first-order valence-electron chi connectivity index (χ1n) is 6.55. The summed E-state index contributed by atoms with van der Waals surface area (Å²) in [6.07, 6.45) is 4.12. The van der Waals surface area contributed by atoms with Gasteiger partial charge in [0.25, 0.3) is 5.91 Å². The highest BCUT2D eigenvalue weighted by Crippen LogP contribution is 2.42. The summed E-state index contributed by atoms with van der Waals surface area (Å²) < 4.78 is 0. The maximum Gasteiger partial charge on any atom is 0.263 e. The van der Waals surface area contributed by atoms with Crippen molar-refractivity contribution in [1.29, 1.82) is 0 Å². The second kappa shape index (κ2) is 4.46. The lowest BCUT2D eigenvalue weighted by Crippen LogP contribution is -2.19. The van der Waals surface area contributed by atoms with Crippen molar-refractivity contribution in [3.8, 4) is 0 Å². The lowest BCUT2D eigenvalue weighted by atomic mass is 10.0. The summed E-state index contributed by atoms with van der Waals surface area (Å²) in [7, 11) is 1.64. The molecule has 1 aliphatic heterocycles. The van der Waals surface area contributed by atoms with Crippen LogP contribution < -0.4 is 16.0 Å². The predicted molar refractivity (Wildman–Crippen MR) is 75.2 cm³/mol. The van der Waals surface area contributed by atoms with Crippen LogP contribution in [0, 0.1) is 11.8 Å². The summed E-state index contributed by atoms with van der Waals surface area (Å²) in [5.41, 5.74) is 6.53. The van der Waals surface area contributed by atoms with E-state index in [1.165, 1.54) is 30.6 Å². The van der Waals surface area contributed by atoms with Crippen LogP contribution >= 0.6 is 11.3 Å². The molecule has 2 atom stereocenters. The second-order valence-corrected chi connectivity index (χ2v) is 6.33. The number of nitrogens with two attached hydrogens (primary N) is 1. The van der Waals surface area contributed by atoms with Crippen molar-refractivity contribution in [2.75, 3.05) is 30.8 Å². The number of nitrogens with zero attached hydrogens (tertiary/aromatic N) is 1. The zero-order chi connectivity index (χ0) is 12.7. The standard InChI is InChI=1S/C13H19N3OS/c1-15-13(17)12-10(14)5-11(18-12)16-6-8-3-2-4-9(8)7-16/h5,8-9H,2-4,6-7,14H2,1H3,(H,15,17). The average molecular weight is 265 g/mol. The van der Waals surface area contributed by atoms with E-state index >= 15 is 0 Å². The number of thiophene rings is 1. The van der Waals surface area contributed by atoms with Crippen molar-refractivity contribution >= 4 is 27.9 Å². The first kappa shape index (κ1) is 11.8. The maximum absolute atomic E-state index is 11.7. The van der Waals surface area contributed by atoms with Crippen molar-refractivity contribution in [2.24, 2.45) is 11.8 Å². The molecule has 1 saturated heterocycles. The Kier molecular flexibility index (Phi) is 2.93. The van der Waals surface area contributed by atoms with Gasteiger partial charge in [0.15, 0.2) is 0 Å². The molecule has 1 amide bonds. The predicted octanol–water partition coefficient (Wildman–Crippen LogP) is 1.93. The van der Waals surface area contributed by atoms with Crippen LogP contribution in [0.25, 0.3) is 0 Å². The molecule has 1 aromatic heterocycles. The van der Waals surface area contributed by atoms with Crippen molar-refractivity contribution in [3.05, 3.63) is 10.9 Å². The Balaban J connectivity index is 1.79. The zero-order valence-electron chi connectivity index (χ0n) is 10.6. The molecule has 0 bridgehead atoms. The molecule has 18 heavy (non-hydrogen) atoms. The van der Waals surface area contributed by atoms with Gasteiger partial charge in [0.2, 0.25) is 0 Å². The Morgan fingerprint density at radius 3 is 2.72 bits per heavy atom. The Labute approximate surface area is 111 Å². The van der Waals surface area contributed by atoms with Crippen molar-refractivity contribution < 1.29 is 4.79 Å². The third kappa shape index (κ3) is 1.86. The Morgan fingerprint density at radius 2 is 2.11 bits per heavy atom. The van der Waals surface area contributed by atoms with Crippen LogP contribution in [0.3, 0.4) is 0 Å². The minimum atomic E-state index is -0.0804. The van der Waals surface area contributed by atoms with E-state index in [1.807, 2.05) is 6.07 Å². The monoisotopic (exact) mass is 265 g/mol. The minimum absolute atomic E-state index is 0.0804. The first-order chi connectivity index (χ1) is 8.69. The Hall–Kier alpha value is -1.23. The molecule has 4 nitrogen and oxygen atoms in total. The highest BCUT2D eigenvalue weighted by atomic mass is 32.1. The van der Waals surface area contributed by atoms with Crippen LogP contribution in [0.4, 0.5) is 10.7 Å². The normalized spacial score (nSPS) is 26.4. The molecule has 0 aromatic carbocycles. The van der Waals surface area contributed by atoms with Gasteiger partial charge in [0, 0.05) is 20.1 Å². The van der Waals surface area contributed by atoms with Gasteiger partial charge in [-0.1, -0.05) is 6.42 Å². The van der Waals surface area contributed by atoms with Gasteiger partial charge in [-0.15, -0.1) is 11.3 Å². The van der Waals surface area contributed by atoms with Gasteiger partial charge in [-0.25, -0.2) is 0 Å². The Morgan fingerprint density at radius 1 is 1.44 bits per heavy atom.